The summed E-state index contributed by atoms with van der Waals surface area (Å²) in [5.74, 6) is -0.207. The lowest BCUT2D eigenvalue weighted by Gasteiger charge is -2.25. The van der Waals surface area contributed by atoms with E-state index in [-0.39, 0.29) is 16.8 Å². The first-order valence-corrected chi connectivity index (χ1v) is 10.5. The highest BCUT2D eigenvalue weighted by Gasteiger charge is 2.42. The Morgan fingerprint density at radius 3 is 2.70 bits per heavy atom. The molecule has 142 valence electrons. The second-order valence-electron chi connectivity index (χ2n) is 6.50. The van der Waals surface area contributed by atoms with Crippen LogP contribution in [0.25, 0.3) is 0 Å². The summed E-state index contributed by atoms with van der Waals surface area (Å²) in [6.07, 6.45) is 2.06. The molecule has 2 unspecified atom stereocenters. The SMILES string of the molecule is CC1(c2ccccc2)OC(CC(SC[C@H](N)C(=O)O)c2ccsc2)=CC1=O. The number of allylic oxidation sites excluding steroid dienone is 1. The summed E-state index contributed by atoms with van der Waals surface area (Å²) in [6, 6.07) is 10.5. The van der Waals surface area contributed by atoms with E-state index in [1.54, 1.807) is 24.3 Å². The van der Waals surface area contributed by atoms with Crippen molar-refractivity contribution in [2.75, 3.05) is 5.75 Å². The van der Waals surface area contributed by atoms with Crippen molar-refractivity contribution >= 4 is 34.9 Å². The van der Waals surface area contributed by atoms with E-state index in [9.17, 15) is 9.59 Å². The molecule has 2 heterocycles. The lowest BCUT2D eigenvalue weighted by Crippen LogP contribution is -2.32. The quantitative estimate of drug-likeness (QED) is 0.698. The Hall–Kier alpha value is -2.09. The molecule has 3 N–H and O–H groups in total. The largest absolute Gasteiger partial charge is 0.480 e. The van der Waals surface area contributed by atoms with E-state index in [1.165, 1.54) is 11.8 Å². The summed E-state index contributed by atoms with van der Waals surface area (Å²) < 4.78 is 6.08. The average molecular weight is 404 g/mol. The fourth-order valence-corrected chi connectivity index (χ4v) is 4.89. The van der Waals surface area contributed by atoms with E-state index in [0.29, 0.717) is 12.2 Å². The zero-order chi connectivity index (χ0) is 19.4. The molecule has 0 spiro atoms. The van der Waals surface area contributed by atoms with Gasteiger partial charge in [0, 0.05) is 29.1 Å². The lowest BCUT2D eigenvalue weighted by molar-refractivity contribution is -0.138. The molecule has 1 aliphatic heterocycles. The third-order valence-electron chi connectivity index (χ3n) is 4.52. The zero-order valence-corrected chi connectivity index (χ0v) is 16.5. The van der Waals surface area contributed by atoms with Crippen molar-refractivity contribution in [3.63, 3.8) is 0 Å². The normalized spacial score (nSPS) is 21.4. The number of carboxylic acid groups (broad SMARTS) is 1. The molecule has 2 aromatic rings. The summed E-state index contributed by atoms with van der Waals surface area (Å²) in [5, 5.41) is 13.0. The van der Waals surface area contributed by atoms with Gasteiger partial charge in [0.25, 0.3) is 0 Å². The molecule has 5 nitrogen and oxygen atoms in total. The van der Waals surface area contributed by atoms with E-state index in [2.05, 4.69) is 0 Å². The van der Waals surface area contributed by atoms with Crippen LogP contribution in [0.2, 0.25) is 0 Å². The van der Waals surface area contributed by atoms with Crippen LogP contribution in [0.15, 0.2) is 59.0 Å². The van der Waals surface area contributed by atoms with Gasteiger partial charge in [0.15, 0.2) is 5.60 Å². The topological polar surface area (TPSA) is 89.6 Å². The summed E-state index contributed by atoms with van der Waals surface area (Å²) in [7, 11) is 0. The summed E-state index contributed by atoms with van der Waals surface area (Å²) in [6.45, 7) is 1.78. The van der Waals surface area contributed by atoms with Crippen molar-refractivity contribution in [2.45, 2.75) is 30.2 Å². The van der Waals surface area contributed by atoms with Crippen LogP contribution in [-0.4, -0.2) is 28.7 Å². The smallest absolute Gasteiger partial charge is 0.321 e. The van der Waals surface area contributed by atoms with E-state index < -0.39 is 17.6 Å². The monoisotopic (exact) mass is 403 g/mol. The van der Waals surface area contributed by atoms with Crippen molar-refractivity contribution in [3.8, 4) is 0 Å². The Balaban J connectivity index is 1.74. The summed E-state index contributed by atoms with van der Waals surface area (Å²) >= 11 is 3.04. The Morgan fingerprint density at radius 2 is 2.07 bits per heavy atom. The maximum Gasteiger partial charge on any atom is 0.321 e. The van der Waals surface area contributed by atoms with Crippen molar-refractivity contribution in [1.82, 2.24) is 0 Å². The highest BCUT2D eigenvalue weighted by molar-refractivity contribution is 7.99. The third-order valence-corrected chi connectivity index (χ3v) is 6.61. The Kier molecular flexibility index (Phi) is 6.04. The van der Waals surface area contributed by atoms with Crippen LogP contribution >= 0.6 is 23.1 Å². The molecule has 3 rings (SSSR count). The van der Waals surface area contributed by atoms with Gasteiger partial charge in [0.1, 0.15) is 11.8 Å². The number of nitrogens with two attached hydrogens (primary N) is 1. The molecular weight excluding hydrogens is 382 g/mol. The predicted molar refractivity (Wildman–Crippen MR) is 108 cm³/mol. The molecular formula is C20H21NO4S2. The number of carbonyl (C=O) groups excluding carboxylic acids is 1. The van der Waals surface area contributed by atoms with Crippen LogP contribution in [0.1, 0.15) is 29.7 Å². The molecule has 27 heavy (non-hydrogen) atoms. The molecule has 7 heteroatoms. The van der Waals surface area contributed by atoms with Crippen molar-refractivity contribution in [1.29, 1.82) is 0 Å². The first-order chi connectivity index (χ1) is 12.9. The fourth-order valence-electron chi connectivity index (χ4n) is 2.89. The minimum Gasteiger partial charge on any atom is -0.480 e. The standard InChI is InChI=1S/C20H21NO4S2/c1-20(14-5-3-2-4-6-14)18(22)10-15(25-20)9-17(13-7-8-26-11-13)27-12-16(21)19(23)24/h2-8,10-11,16-17H,9,12,21H2,1H3,(H,23,24)/t16-,17?,20?/m0/s1. The summed E-state index contributed by atoms with van der Waals surface area (Å²) in [5.41, 5.74) is 6.52. The number of hydrogen-bond donors (Lipinski definition) is 2. The van der Waals surface area contributed by atoms with E-state index in [1.807, 2.05) is 47.2 Å². The second kappa shape index (κ2) is 8.29. The molecule has 3 atom stereocenters. The van der Waals surface area contributed by atoms with Gasteiger partial charge in [-0.15, -0.1) is 0 Å². The number of ketones is 1. The van der Waals surface area contributed by atoms with Crippen LogP contribution in [0.4, 0.5) is 0 Å². The molecule has 0 aliphatic carbocycles. The number of carboxylic acids is 1. The number of carbonyl (C=O) groups is 2. The van der Waals surface area contributed by atoms with Crippen molar-refractivity contribution in [2.24, 2.45) is 5.73 Å². The van der Waals surface area contributed by atoms with Crippen LogP contribution < -0.4 is 5.73 Å². The van der Waals surface area contributed by atoms with Gasteiger partial charge in [0.2, 0.25) is 5.78 Å². The third kappa shape index (κ3) is 4.43. The zero-order valence-electron chi connectivity index (χ0n) is 14.8. The number of hydrogen-bond acceptors (Lipinski definition) is 6. The van der Waals surface area contributed by atoms with Gasteiger partial charge in [-0.05, 0) is 29.3 Å². The van der Waals surface area contributed by atoms with E-state index in [0.717, 1.165) is 11.1 Å². The molecule has 0 fully saturated rings. The van der Waals surface area contributed by atoms with Gasteiger partial charge in [-0.25, -0.2) is 0 Å². The first-order valence-electron chi connectivity index (χ1n) is 8.52. The molecule has 0 saturated carbocycles. The maximum atomic E-state index is 12.6. The van der Waals surface area contributed by atoms with Crippen molar-refractivity contribution in [3.05, 3.63) is 70.1 Å². The maximum absolute atomic E-state index is 12.6. The van der Waals surface area contributed by atoms with Gasteiger partial charge in [-0.2, -0.15) is 23.1 Å². The van der Waals surface area contributed by atoms with Gasteiger partial charge < -0.3 is 15.6 Å². The van der Waals surface area contributed by atoms with Crippen LogP contribution in [0.5, 0.6) is 0 Å². The van der Waals surface area contributed by atoms with Crippen LogP contribution in [0.3, 0.4) is 0 Å². The number of aliphatic carboxylic acids is 1. The molecule has 1 aromatic carbocycles. The molecule has 0 amide bonds. The molecule has 1 aliphatic rings. The van der Waals surface area contributed by atoms with Crippen molar-refractivity contribution < 1.29 is 19.4 Å². The molecule has 0 bridgehead atoms. The van der Waals surface area contributed by atoms with E-state index >= 15 is 0 Å². The van der Waals surface area contributed by atoms with Gasteiger partial charge >= 0.3 is 5.97 Å². The Morgan fingerprint density at radius 1 is 1.33 bits per heavy atom. The highest BCUT2D eigenvalue weighted by Crippen LogP contribution is 2.42. The fraction of sp³-hybridized carbons (Fsp3) is 0.300. The first kappa shape index (κ1) is 19.7. The average Bonchev–Trinajstić information content (AvgIpc) is 3.28. The van der Waals surface area contributed by atoms with Gasteiger partial charge in [-0.3, -0.25) is 9.59 Å². The second-order valence-corrected chi connectivity index (χ2v) is 8.52. The number of thiophene rings is 1. The molecule has 0 saturated heterocycles. The Labute approximate surface area is 166 Å². The predicted octanol–water partition coefficient (Wildman–Crippen LogP) is 3.72. The van der Waals surface area contributed by atoms with Gasteiger partial charge in [0.05, 0.1) is 0 Å². The highest BCUT2D eigenvalue weighted by atomic mass is 32.2. The number of ether oxygens (including phenoxy) is 1. The number of thioether (sulfide) groups is 1. The Bertz CT molecular complexity index is 835. The minimum atomic E-state index is -1.02. The molecule has 1 aromatic heterocycles. The van der Waals surface area contributed by atoms with Crippen LogP contribution in [-0.2, 0) is 19.9 Å². The minimum absolute atomic E-state index is 0.0289. The van der Waals surface area contributed by atoms with Crippen LogP contribution in [0, 0.1) is 0 Å². The number of rotatable bonds is 8. The van der Waals surface area contributed by atoms with E-state index in [4.69, 9.17) is 15.6 Å². The molecule has 0 radical (unpaired) electrons. The number of benzene rings is 1. The summed E-state index contributed by atoms with van der Waals surface area (Å²) in [4.78, 5) is 23.6. The van der Waals surface area contributed by atoms with Gasteiger partial charge in [-0.1, -0.05) is 30.3 Å². The lowest BCUT2D eigenvalue weighted by atomic mass is 9.92.